The number of hydrogen-bond donors (Lipinski definition) is 0. The first-order valence-corrected chi connectivity index (χ1v) is 5.69. The van der Waals surface area contributed by atoms with Gasteiger partial charge in [-0.15, -0.1) is 0 Å². The molecular weight excluding hydrogens is 238 g/mol. The molecule has 0 bridgehead atoms. The van der Waals surface area contributed by atoms with Crippen LogP contribution in [-0.4, -0.2) is 22.9 Å². The first-order valence-electron chi connectivity index (χ1n) is 5.69. The van der Waals surface area contributed by atoms with Crippen LogP contribution in [-0.2, 0) is 0 Å². The molecule has 0 N–H and O–H groups in total. The number of hydrogen-bond acceptors (Lipinski definition) is 5. The average molecular weight is 251 g/mol. The van der Waals surface area contributed by atoms with Crippen LogP contribution in [0.5, 0.6) is 0 Å². The van der Waals surface area contributed by atoms with Crippen molar-refractivity contribution in [3.63, 3.8) is 0 Å². The molecule has 18 heavy (non-hydrogen) atoms. The van der Waals surface area contributed by atoms with Gasteiger partial charge in [-0.3, -0.25) is 20.2 Å². The van der Waals surface area contributed by atoms with Gasteiger partial charge < -0.3 is 4.90 Å². The van der Waals surface area contributed by atoms with Crippen molar-refractivity contribution >= 4 is 17.1 Å². The van der Waals surface area contributed by atoms with Gasteiger partial charge in [-0.1, -0.05) is 0 Å². The van der Waals surface area contributed by atoms with Crippen LogP contribution >= 0.6 is 0 Å². The first-order chi connectivity index (χ1) is 8.52. The SMILES string of the molecule is Cc1ccc([N+](=O)[O-])c(N2CCCC2)c1[N+](=O)[O-]. The highest BCUT2D eigenvalue weighted by molar-refractivity contribution is 5.77. The molecule has 96 valence electrons. The topological polar surface area (TPSA) is 89.5 Å². The van der Waals surface area contributed by atoms with Crippen molar-refractivity contribution in [2.75, 3.05) is 18.0 Å². The lowest BCUT2D eigenvalue weighted by Crippen LogP contribution is -2.20. The van der Waals surface area contributed by atoms with Crippen molar-refractivity contribution < 1.29 is 9.85 Å². The van der Waals surface area contributed by atoms with Crippen molar-refractivity contribution in [1.82, 2.24) is 0 Å². The Morgan fingerprint density at radius 2 is 1.72 bits per heavy atom. The van der Waals surface area contributed by atoms with Gasteiger partial charge in [0, 0.05) is 24.7 Å². The Balaban J connectivity index is 2.66. The molecular formula is C11H13N3O4. The summed E-state index contributed by atoms with van der Waals surface area (Å²) in [4.78, 5) is 22.8. The number of rotatable bonds is 3. The summed E-state index contributed by atoms with van der Waals surface area (Å²) in [6.45, 7) is 2.86. The molecule has 7 heteroatoms. The Kier molecular flexibility index (Phi) is 3.14. The molecule has 0 atom stereocenters. The molecule has 0 unspecified atom stereocenters. The second-order valence-corrected chi connectivity index (χ2v) is 4.31. The second-order valence-electron chi connectivity index (χ2n) is 4.31. The van der Waals surface area contributed by atoms with Crippen molar-refractivity contribution in [3.05, 3.63) is 37.9 Å². The maximum atomic E-state index is 11.1. The third-order valence-electron chi connectivity index (χ3n) is 3.13. The monoisotopic (exact) mass is 251 g/mol. The highest BCUT2D eigenvalue weighted by Gasteiger charge is 2.32. The van der Waals surface area contributed by atoms with Gasteiger partial charge in [-0.2, -0.15) is 0 Å². The van der Waals surface area contributed by atoms with Crippen LogP contribution in [0.2, 0.25) is 0 Å². The van der Waals surface area contributed by atoms with Crippen LogP contribution in [0.15, 0.2) is 12.1 Å². The quantitative estimate of drug-likeness (QED) is 0.607. The molecule has 0 amide bonds. The molecule has 1 fully saturated rings. The fourth-order valence-electron chi connectivity index (χ4n) is 2.30. The third-order valence-corrected chi connectivity index (χ3v) is 3.13. The van der Waals surface area contributed by atoms with E-state index in [0.29, 0.717) is 18.7 Å². The molecule has 0 spiro atoms. The minimum absolute atomic E-state index is 0.147. The standard InChI is InChI=1S/C11H13N3O4/c1-8-4-5-9(13(15)16)11(10(8)14(17)18)12-6-2-3-7-12/h4-5H,2-3,6-7H2,1H3. The minimum atomic E-state index is -0.555. The van der Waals surface area contributed by atoms with Crippen molar-refractivity contribution in [1.29, 1.82) is 0 Å². The van der Waals surface area contributed by atoms with E-state index in [1.807, 2.05) is 0 Å². The predicted molar refractivity (Wildman–Crippen MR) is 65.9 cm³/mol. The van der Waals surface area contributed by atoms with E-state index < -0.39 is 9.85 Å². The summed E-state index contributed by atoms with van der Waals surface area (Å²) in [6.07, 6.45) is 1.81. The molecule has 1 aromatic carbocycles. The predicted octanol–water partition coefficient (Wildman–Crippen LogP) is 2.41. The summed E-state index contributed by atoms with van der Waals surface area (Å²) in [7, 11) is 0. The fraction of sp³-hybridized carbons (Fsp3) is 0.455. The third kappa shape index (κ3) is 1.99. The van der Waals surface area contributed by atoms with E-state index in [0.717, 1.165) is 12.8 Å². The summed E-state index contributed by atoms with van der Waals surface area (Å²) >= 11 is 0. The van der Waals surface area contributed by atoms with E-state index >= 15 is 0 Å². The van der Waals surface area contributed by atoms with Gasteiger partial charge in [0.1, 0.15) is 0 Å². The van der Waals surface area contributed by atoms with E-state index in [4.69, 9.17) is 0 Å². The lowest BCUT2D eigenvalue weighted by atomic mass is 10.1. The van der Waals surface area contributed by atoms with Crippen LogP contribution in [0.3, 0.4) is 0 Å². The first kappa shape index (κ1) is 12.3. The normalized spacial score (nSPS) is 14.8. The van der Waals surface area contributed by atoms with Crippen LogP contribution in [0.25, 0.3) is 0 Å². The largest absolute Gasteiger partial charge is 0.360 e. The van der Waals surface area contributed by atoms with Crippen LogP contribution in [0.4, 0.5) is 17.1 Å². The van der Waals surface area contributed by atoms with Gasteiger partial charge in [0.2, 0.25) is 0 Å². The number of aryl methyl sites for hydroxylation is 1. The van der Waals surface area contributed by atoms with Crippen molar-refractivity contribution in [2.45, 2.75) is 19.8 Å². The molecule has 1 saturated heterocycles. The second kappa shape index (κ2) is 4.59. The zero-order valence-corrected chi connectivity index (χ0v) is 9.96. The Hall–Kier alpha value is -2.18. The molecule has 0 aromatic heterocycles. The van der Waals surface area contributed by atoms with Gasteiger partial charge >= 0.3 is 5.69 Å². The Morgan fingerprint density at radius 1 is 1.11 bits per heavy atom. The van der Waals surface area contributed by atoms with Gasteiger partial charge in [-0.25, -0.2) is 0 Å². The Morgan fingerprint density at radius 3 is 2.22 bits per heavy atom. The van der Waals surface area contributed by atoms with E-state index in [1.54, 1.807) is 11.8 Å². The summed E-state index contributed by atoms with van der Waals surface area (Å²) in [6, 6.07) is 2.77. The lowest BCUT2D eigenvalue weighted by molar-refractivity contribution is -0.393. The maximum Gasteiger partial charge on any atom is 0.302 e. The van der Waals surface area contributed by atoms with Crippen molar-refractivity contribution in [2.24, 2.45) is 0 Å². The molecule has 0 aliphatic carbocycles. The highest BCUT2D eigenvalue weighted by atomic mass is 16.6. The Labute approximate surface area is 103 Å². The number of nitrogens with zero attached hydrogens (tertiary/aromatic N) is 3. The zero-order valence-electron chi connectivity index (χ0n) is 9.96. The summed E-state index contributed by atoms with van der Waals surface area (Å²) < 4.78 is 0. The summed E-state index contributed by atoms with van der Waals surface area (Å²) in [5, 5.41) is 22.2. The molecule has 1 heterocycles. The van der Waals surface area contributed by atoms with Crippen molar-refractivity contribution in [3.8, 4) is 0 Å². The molecule has 1 aliphatic rings. The Bertz CT molecular complexity index is 509. The van der Waals surface area contributed by atoms with Crippen LogP contribution in [0.1, 0.15) is 18.4 Å². The minimum Gasteiger partial charge on any atom is -0.360 e. The lowest BCUT2D eigenvalue weighted by Gasteiger charge is -2.18. The van der Waals surface area contributed by atoms with Gasteiger partial charge in [-0.05, 0) is 25.8 Å². The average Bonchev–Trinajstić information content (AvgIpc) is 2.80. The number of nitro groups is 2. The molecule has 2 rings (SSSR count). The van der Waals surface area contributed by atoms with Gasteiger partial charge in [0.15, 0.2) is 5.69 Å². The fourth-order valence-corrected chi connectivity index (χ4v) is 2.30. The molecule has 1 aromatic rings. The molecule has 7 nitrogen and oxygen atoms in total. The van der Waals surface area contributed by atoms with Crippen LogP contribution < -0.4 is 4.90 Å². The van der Waals surface area contributed by atoms with Crippen LogP contribution in [0, 0.1) is 27.2 Å². The van der Waals surface area contributed by atoms with Gasteiger partial charge in [0.25, 0.3) is 5.69 Å². The smallest absolute Gasteiger partial charge is 0.302 e. The molecule has 0 saturated carbocycles. The van der Waals surface area contributed by atoms with Gasteiger partial charge in [0.05, 0.1) is 9.85 Å². The van der Waals surface area contributed by atoms with E-state index in [9.17, 15) is 20.2 Å². The van der Waals surface area contributed by atoms with E-state index in [-0.39, 0.29) is 17.1 Å². The van der Waals surface area contributed by atoms with E-state index in [1.165, 1.54) is 12.1 Å². The molecule has 1 aliphatic heterocycles. The summed E-state index contributed by atoms with van der Waals surface area (Å²) in [5.41, 5.74) is 0.273. The highest BCUT2D eigenvalue weighted by Crippen LogP contribution is 2.40. The zero-order chi connectivity index (χ0) is 13.3. The molecule has 0 radical (unpaired) electrons. The number of benzene rings is 1. The maximum absolute atomic E-state index is 11.1. The number of anilines is 1. The summed E-state index contributed by atoms with van der Waals surface area (Å²) in [5.74, 6) is 0. The number of nitro benzene ring substituents is 2. The van der Waals surface area contributed by atoms with E-state index in [2.05, 4.69) is 0 Å².